The van der Waals surface area contributed by atoms with E-state index in [1.165, 1.54) is 18.2 Å². The second-order valence-electron chi connectivity index (χ2n) is 7.05. The van der Waals surface area contributed by atoms with Crippen LogP contribution in [0.4, 0.5) is 15.9 Å². The van der Waals surface area contributed by atoms with E-state index < -0.39 is 5.97 Å². The van der Waals surface area contributed by atoms with Gasteiger partial charge in [-0.05, 0) is 78.9 Å². The van der Waals surface area contributed by atoms with Gasteiger partial charge in [0.15, 0.2) is 5.82 Å². The van der Waals surface area contributed by atoms with E-state index in [0.717, 1.165) is 35.6 Å². The highest BCUT2D eigenvalue weighted by Gasteiger charge is 2.24. The first kappa shape index (κ1) is 18.9. The van der Waals surface area contributed by atoms with Crippen molar-refractivity contribution < 1.29 is 19.5 Å². The van der Waals surface area contributed by atoms with Crippen LogP contribution < -0.4 is 10.6 Å². The van der Waals surface area contributed by atoms with E-state index in [1.54, 1.807) is 42.5 Å². The van der Waals surface area contributed by atoms with Crippen molar-refractivity contribution in [3.05, 3.63) is 77.6 Å². The lowest BCUT2D eigenvalue weighted by Crippen LogP contribution is -2.28. The molecule has 6 nitrogen and oxygen atoms in total. The number of hydrogen-bond donors (Lipinski definition) is 3. The van der Waals surface area contributed by atoms with E-state index in [1.807, 2.05) is 0 Å². The minimum absolute atomic E-state index is 0.221. The normalized spacial score (nSPS) is 13.6. The number of benzene rings is 2. The largest absolute Gasteiger partial charge is 0.478 e. The first-order valence-electron chi connectivity index (χ1n) is 9.37. The number of carbonyl (C=O) groups is 1. The summed E-state index contributed by atoms with van der Waals surface area (Å²) in [7, 11) is 0. The summed E-state index contributed by atoms with van der Waals surface area (Å²) in [5, 5.41) is 20.6. The Hall–Kier alpha value is -3.45. The molecule has 1 aliphatic carbocycles. The van der Waals surface area contributed by atoms with Crippen LogP contribution in [0.3, 0.4) is 0 Å². The maximum atomic E-state index is 13.2. The molecule has 148 valence electrons. The smallest absolute Gasteiger partial charge is 0.335 e. The van der Waals surface area contributed by atoms with Gasteiger partial charge in [-0.2, -0.15) is 0 Å². The van der Waals surface area contributed by atoms with Crippen LogP contribution in [-0.2, 0) is 0 Å². The fraction of sp³-hybridized carbons (Fsp3) is 0.182. The Labute approximate surface area is 167 Å². The maximum absolute atomic E-state index is 13.2. The zero-order valence-corrected chi connectivity index (χ0v) is 15.5. The number of aromatic nitrogens is 1. The Morgan fingerprint density at radius 2 is 1.86 bits per heavy atom. The highest BCUT2D eigenvalue weighted by Crippen LogP contribution is 2.40. The summed E-state index contributed by atoms with van der Waals surface area (Å²) in [5.41, 5.74) is 5.94. The number of carboxylic acid groups (broad SMARTS) is 1. The molecule has 0 unspecified atom stereocenters. The molecule has 1 saturated carbocycles. The minimum atomic E-state index is -0.980. The molecular formula is C22H20FN3O3. The summed E-state index contributed by atoms with van der Waals surface area (Å²) in [4.78, 5) is 15.7. The molecule has 2 aromatic carbocycles. The molecule has 0 saturated heterocycles. The average Bonchev–Trinajstić information content (AvgIpc) is 2.68. The minimum Gasteiger partial charge on any atom is -0.478 e. The number of pyridine rings is 1. The Bertz CT molecular complexity index is 1040. The van der Waals surface area contributed by atoms with E-state index in [9.17, 15) is 19.5 Å². The van der Waals surface area contributed by atoms with E-state index in [0.29, 0.717) is 11.4 Å². The predicted molar refractivity (Wildman–Crippen MR) is 108 cm³/mol. The molecule has 1 aromatic heterocycles. The molecule has 0 aliphatic heterocycles. The van der Waals surface area contributed by atoms with Crippen molar-refractivity contribution in [2.24, 2.45) is 0 Å². The molecule has 1 fully saturated rings. The molecule has 4 rings (SSSR count). The van der Waals surface area contributed by atoms with Crippen molar-refractivity contribution in [2.75, 3.05) is 10.6 Å². The van der Waals surface area contributed by atoms with Gasteiger partial charge in [-0.1, -0.05) is 12.5 Å². The maximum Gasteiger partial charge on any atom is 0.335 e. The second kappa shape index (κ2) is 7.89. The molecule has 0 atom stereocenters. The fourth-order valence-electron chi connectivity index (χ4n) is 3.35. The van der Waals surface area contributed by atoms with Crippen LogP contribution in [0.2, 0.25) is 0 Å². The Morgan fingerprint density at radius 1 is 1.10 bits per heavy atom. The van der Waals surface area contributed by atoms with E-state index in [4.69, 9.17) is 0 Å². The van der Waals surface area contributed by atoms with E-state index in [-0.39, 0.29) is 23.1 Å². The first-order chi connectivity index (χ1) is 14.0. The standard InChI is InChI=1S/C22H20FN3O3/c23-17-10-7-15(8-11-17)19-5-2-6-21(24-19)26(29)25-20-12-9-16(22(27)28)13-18(20)14-3-1-4-14/h2,5-14,25,29H,1,3-4H2,(H,27,28). The Balaban J connectivity index is 1.59. The second-order valence-corrected chi connectivity index (χ2v) is 7.05. The highest BCUT2D eigenvalue weighted by molar-refractivity contribution is 5.88. The number of halogens is 1. The summed E-state index contributed by atoms with van der Waals surface area (Å²) >= 11 is 0. The predicted octanol–water partition coefficient (Wildman–Crippen LogP) is 5.08. The zero-order chi connectivity index (χ0) is 20.4. The Kier molecular flexibility index (Phi) is 5.14. The lowest BCUT2D eigenvalue weighted by atomic mass is 9.79. The van der Waals surface area contributed by atoms with Crippen molar-refractivity contribution >= 4 is 17.5 Å². The number of rotatable bonds is 6. The van der Waals surface area contributed by atoms with Gasteiger partial charge in [0.25, 0.3) is 0 Å². The van der Waals surface area contributed by atoms with Crippen molar-refractivity contribution in [1.82, 2.24) is 4.98 Å². The van der Waals surface area contributed by atoms with Crippen LogP contribution in [0.1, 0.15) is 41.1 Å². The van der Waals surface area contributed by atoms with Gasteiger partial charge in [0, 0.05) is 5.56 Å². The van der Waals surface area contributed by atoms with Crippen LogP contribution in [-0.4, -0.2) is 21.3 Å². The molecule has 0 spiro atoms. The van der Waals surface area contributed by atoms with Gasteiger partial charge in [0.05, 0.1) is 16.9 Å². The van der Waals surface area contributed by atoms with Gasteiger partial charge < -0.3 is 5.11 Å². The van der Waals surface area contributed by atoms with Crippen LogP contribution in [0, 0.1) is 5.82 Å². The first-order valence-corrected chi connectivity index (χ1v) is 9.37. The average molecular weight is 393 g/mol. The lowest BCUT2D eigenvalue weighted by molar-refractivity contribution is 0.0696. The Morgan fingerprint density at radius 3 is 2.52 bits per heavy atom. The molecule has 1 heterocycles. The van der Waals surface area contributed by atoms with Gasteiger partial charge in [0.2, 0.25) is 0 Å². The number of aromatic carboxylic acids is 1. The van der Waals surface area contributed by atoms with Crippen LogP contribution in [0.15, 0.2) is 60.7 Å². The monoisotopic (exact) mass is 393 g/mol. The number of hydrogen-bond acceptors (Lipinski definition) is 5. The third-order valence-corrected chi connectivity index (χ3v) is 5.16. The zero-order valence-electron chi connectivity index (χ0n) is 15.5. The SMILES string of the molecule is O=C(O)c1ccc(NN(O)c2cccc(-c3ccc(F)cc3)n2)c(C2CCC2)c1. The highest BCUT2D eigenvalue weighted by atomic mass is 19.1. The summed E-state index contributed by atoms with van der Waals surface area (Å²) in [5.74, 6) is -0.785. The number of nitrogens with one attached hydrogen (secondary N) is 1. The quantitative estimate of drug-likeness (QED) is 0.507. The molecule has 1 aliphatic rings. The van der Waals surface area contributed by atoms with Crippen LogP contribution in [0.5, 0.6) is 0 Å². The number of hydrazine groups is 1. The van der Waals surface area contributed by atoms with Crippen molar-refractivity contribution in [3.8, 4) is 11.3 Å². The summed E-state index contributed by atoms with van der Waals surface area (Å²) < 4.78 is 13.2. The molecule has 0 amide bonds. The molecule has 3 aromatic rings. The summed E-state index contributed by atoms with van der Waals surface area (Å²) in [6.45, 7) is 0. The molecule has 0 bridgehead atoms. The third-order valence-electron chi connectivity index (χ3n) is 5.16. The van der Waals surface area contributed by atoms with E-state index in [2.05, 4.69) is 10.4 Å². The van der Waals surface area contributed by atoms with Crippen LogP contribution >= 0.6 is 0 Å². The van der Waals surface area contributed by atoms with E-state index >= 15 is 0 Å². The number of carboxylic acids is 1. The van der Waals surface area contributed by atoms with Crippen molar-refractivity contribution in [2.45, 2.75) is 25.2 Å². The molecule has 7 heteroatoms. The number of anilines is 2. The fourth-order valence-corrected chi connectivity index (χ4v) is 3.35. The number of nitrogens with zero attached hydrogens (tertiary/aromatic N) is 2. The van der Waals surface area contributed by atoms with Gasteiger partial charge in [-0.15, -0.1) is 5.17 Å². The van der Waals surface area contributed by atoms with Gasteiger partial charge in [0.1, 0.15) is 5.82 Å². The van der Waals surface area contributed by atoms with Crippen molar-refractivity contribution in [3.63, 3.8) is 0 Å². The lowest BCUT2D eigenvalue weighted by Gasteiger charge is -2.29. The molecule has 3 N–H and O–H groups in total. The molecule has 29 heavy (non-hydrogen) atoms. The molecule has 0 radical (unpaired) electrons. The molecular weight excluding hydrogens is 373 g/mol. The summed E-state index contributed by atoms with van der Waals surface area (Å²) in [6.07, 6.45) is 3.08. The van der Waals surface area contributed by atoms with Gasteiger partial charge in [-0.25, -0.2) is 14.2 Å². The topological polar surface area (TPSA) is 85.7 Å². The summed E-state index contributed by atoms with van der Waals surface area (Å²) in [6, 6.07) is 15.9. The van der Waals surface area contributed by atoms with Gasteiger partial charge >= 0.3 is 5.97 Å². The van der Waals surface area contributed by atoms with Gasteiger partial charge in [-0.3, -0.25) is 10.6 Å². The van der Waals surface area contributed by atoms with Crippen LogP contribution in [0.25, 0.3) is 11.3 Å². The third kappa shape index (κ3) is 4.05. The van der Waals surface area contributed by atoms with Crippen molar-refractivity contribution in [1.29, 1.82) is 0 Å².